The Balaban J connectivity index is 1.93. The Morgan fingerprint density at radius 1 is 1.15 bits per heavy atom. The molecule has 0 spiro atoms. The van der Waals surface area contributed by atoms with E-state index in [1.165, 1.54) is 51.4 Å². The number of aliphatic carboxylic acids is 1. The van der Waals surface area contributed by atoms with E-state index in [4.69, 9.17) is 0 Å². The van der Waals surface area contributed by atoms with Crippen LogP contribution < -0.4 is 0 Å². The predicted octanol–water partition coefficient (Wildman–Crippen LogP) is 4.65. The predicted molar refractivity (Wildman–Crippen MR) is 80.4 cm³/mol. The first kappa shape index (κ1) is 14.2. The fourth-order valence-corrected chi connectivity index (χ4v) is 5.73. The van der Waals surface area contributed by atoms with Crippen molar-refractivity contribution >= 4 is 5.97 Å². The molecule has 4 saturated carbocycles. The van der Waals surface area contributed by atoms with E-state index in [1.54, 1.807) is 6.92 Å². The standard InChI is InChI=1S/C18H28O2/c1-3-4-5-18(11-12(2)17(19)20)15-7-13-6-14(9-15)10-16(18)8-13/h11,13-16H,3-10H2,1-2H3,(H,19,20). The summed E-state index contributed by atoms with van der Waals surface area (Å²) in [5, 5.41) is 9.31. The van der Waals surface area contributed by atoms with E-state index < -0.39 is 5.97 Å². The van der Waals surface area contributed by atoms with Crippen molar-refractivity contribution in [2.45, 2.75) is 65.2 Å². The van der Waals surface area contributed by atoms with Gasteiger partial charge in [-0.2, -0.15) is 0 Å². The molecule has 4 aliphatic carbocycles. The van der Waals surface area contributed by atoms with Crippen LogP contribution in [0.2, 0.25) is 0 Å². The van der Waals surface area contributed by atoms with Crippen LogP contribution in [0.3, 0.4) is 0 Å². The van der Waals surface area contributed by atoms with E-state index in [9.17, 15) is 9.90 Å². The van der Waals surface area contributed by atoms with Gasteiger partial charge in [0.25, 0.3) is 0 Å². The van der Waals surface area contributed by atoms with E-state index in [1.807, 2.05) is 0 Å². The summed E-state index contributed by atoms with van der Waals surface area (Å²) in [5.74, 6) is 2.70. The van der Waals surface area contributed by atoms with Crippen LogP contribution in [0.15, 0.2) is 11.6 Å². The maximum Gasteiger partial charge on any atom is 0.330 e. The van der Waals surface area contributed by atoms with Crippen LogP contribution in [0.5, 0.6) is 0 Å². The van der Waals surface area contributed by atoms with Crippen molar-refractivity contribution in [2.75, 3.05) is 0 Å². The summed E-state index contributed by atoms with van der Waals surface area (Å²) in [5.41, 5.74) is 0.792. The van der Waals surface area contributed by atoms with Gasteiger partial charge in [0.1, 0.15) is 0 Å². The fraction of sp³-hybridized carbons (Fsp3) is 0.833. The van der Waals surface area contributed by atoms with Gasteiger partial charge in [-0.05, 0) is 74.5 Å². The van der Waals surface area contributed by atoms with Crippen LogP contribution in [0.25, 0.3) is 0 Å². The molecule has 0 radical (unpaired) electrons. The van der Waals surface area contributed by atoms with Crippen molar-refractivity contribution in [1.29, 1.82) is 0 Å². The minimum atomic E-state index is -0.727. The number of hydrogen-bond donors (Lipinski definition) is 1. The molecule has 0 atom stereocenters. The van der Waals surface area contributed by atoms with Crippen molar-refractivity contribution in [2.24, 2.45) is 29.1 Å². The molecule has 0 aromatic carbocycles. The monoisotopic (exact) mass is 276 g/mol. The molecule has 4 rings (SSSR count). The number of allylic oxidation sites excluding steroid dienone is 1. The second-order valence-corrected chi connectivity index (χ2v) is 7.65. The van der Waals surface area contributed by atoms with Crippen LogP contribution >= 0.6 is 0 Å². The molecule has 0 amide bonds. The Kier molecular flexibility index (Phi) is 3.68. The van der Waals surface area contributed by atoms with Crippen LogP contribution in [-0.4, -0.2) is 11.1 Å². The number of carboxylic acid groups (broad SMARTS) is 1. The Bertz CT molecular complexity index is 393. The Morgan fingerprint density at radius 3 is 2.15 bits per heavy atom. The summed E-state index contributed by atoms with van der Waals surface area (Å²) in [6.45, 7) is 4.04. The lowest BCUT2D eigenvalue weighted by atomic mass is 9.44. The molecule has 0 aromatic heterocycles. The third kappa shape index (κ3) is 2.21. The van der Waals surface area contributed by atoms with Gasteiger partial charge in [-0.1, -0.05) is 25.8 Å². The van der Waals surface area contributed by atoms with Gasteiger partial charge in [0.2, 0.25) is 0 Å². The molecule has 20 heavy (non-hydrogen) atoms. The highest BCUT2D eigenvalue weighted by atomic mass is 16.4. The molecule has 1 N–H and O–H groups in total. The zero-order valence-corrected chi connectivity index (χ0v) is 12.9. The van der Waals surface area contributed by atoms with Crippen molar-refractivity contribution < 1.29 is 9.90 Å². The lowest BCUT2D eigenvalue weighted by Gasteiger charge is -2.61. The molecule has 112 valence electrons. The molecular weight excluding hydrogens is 248 g/mol. The molecule has 4 fully saturated rings. The van der Waals surface area contributed by atoms with Gasteiger partial charge < -0.3 is 5.11 Å². The summed E-state index contributed by atoms with van der Waals surface area (Å²) in [4.78, 5) is 11.3. The molecule has 0 aromatic rings. The average Bonchev–Trinajstić information content (AvgIpc) is 2.40. The largest absolute Gasteiger partial charge is 0.478 e. The Morgan fingerprint density at radius 2 is 1.70 bits per heavy atom. The second kappa shape index (κ2) is 5.20. The SMILES string of the molecule is CCCCC1(C=C(C)C(=O)O)C2CC3CC(C2)CC1C3. The lowest BCUT2D eigenvalue weighted by Crippen LogP contribution is -2.52. The van der Waals surface area contributed by atoms with Crippen molar-refractivity contribution in [3.63, 3.8) is 0 Å². The highest BCUT2D eigenvalue weighted by Gasteiger charge is 2.55. The second-order valence-electron chi connectivity index (χ2n) is 7.65. The summed E-state index contributed by atoms with van der Waals surface area (Å²) in [7, 11) is 0. The number of hydrogen-bond acceptors (Lipinski definition) is 1. The van der Waals surface area contributed by atoms with E-state index >= 15 is 0 Å². The van der Waals surface area contributed by atoms with Gasteiger partial charge in [-0.25, -0.2) is 4.79 Å². The number of rotatable bonds is 5. The molecular formula is C18H28O2. The van der Waals surface area contributed by atoms with Crippen molar-refractivity contribution in [3.05, 3.63) is 11.6 Å². The topological polar surface area (TPSA) is 37.3 Å². The third-order valence-corrected chi connectivity index (χ3v) is 6.44. The number of carboxylic acids is 1. The smallest absolute Gasteiger partial charge is 0.330 e. The van der Waals surface area contributed by atoms with Gasteiger partial charge >= 0.3 is 5.97 Å². The molecule has 4 bridgehead atoms. The fourth-order valence-electron chi connectivity index (χ4n) is 5.73. The van der Waals surface area contributed by atoms with E-state index in [0.29, 0.717) is 5.57 Å². The molecule has 0 aliphatic heterocycles. The maximum atomic E-state index is 11.3. The number of carbonyl (C=O) groups is 1. The van der Waals surface area contributed by atoms with E-state index in [-0.39, 0.29) is 5.41 Å². The minimum Gasteiger partial charge on any atom is -0.478 e. The first-order valence-corrected chi connectivity index (χ1v) is 8.48. The van der Waals surface area contributed by atoms with Crippen molar-refractivity contribution in [3.8, 4) is 0 Å². The molecule has 0 heterocycles. The molecule has 2 nitrogen and oxygen atoms in total. The number of unbranched alkanes of at least 4 members (excludes halogenated alkanes) is 1. The lowest BCUT2D eigenvalue weighted by molar-refractivity contribution is -0.133. The summed E-state index contributed by atoms with van der Waals surface area (Å²) < 4.78 is 0. The van der Waals surface area contributed by atoms with Gasteiger partial charge in [0.05, 0.1) is 0 Å². The third-order valence-electron chi connectivity index (χ3n) is 6.44. The summed E-state index contributed by atoms with van der Waals surface area (Å²) in [6.07, 6.45) is 12.8. The zero-order valence-electron chi connectivity index (χ0n) is 12.9. The summed E-state index contributed by atoms with van der Waals surface area (Å²) >= 11 is 0. The quantitative estimate of drug-likeness (QED) is 0.742. The summed E-state index contributed by atoms with van der Waals surface area (Å²) in [6, 6.07) is 0. The molecule has 4 aliphatic rings. The first-order valence-electron chi connectivity index (χ1n) is 8.48. The van der Waals surface area contributed by atoms with E-state index in [0.717, 1.165) is 23.7 Å². The Hall–Kier alpha value is -0.790. The normalized spacial score (nSPS) is 43.0. The molecule has 0 unspecified atom stereocenters. The maximum absolute atomic E-state index is 11.3. The Labute approximate surface area is 122 Å². The molecule has 2 heteroatoms. The first-order chi connectivity index (χ1) is 9.55. The van der Waals surface area contributed by atoms with Gasteiger partial charge in [-0.15, -0.1) is 0 Å². The molecule has 0 saturated heterocycles. The van der Waals surface area contributed by atoms with Gasteiger partial charge in [0.15, 0.2) is 0 Å². The average molecular weight is 276 g/mol. The van der Waals surface area contributed by atoms with Crippen LogP contribution in [0.4, 0.5) is 0 Å². The van der Waals surface area contributed by atoms with Gasteiger partial charge in [0, 0.05) is 5.57 Å². The zero-order chi connectivity index (χ0) is 14.3. The van der Waals surface area contributed by atoms with Gasteiger partial charge in [-0.3, -0.25) is 0 Å². The van der Waals surface area contributed by atoms with E-state index in [2.05, 4.69) is 13.0 Å². The van der Waals surface area contributed by atoms with Crippen molar-refractivity contribution in [1.82, 2.24) is 0 Å². The minimum absolute atomic E-state index is 0.214. The van der Waals surface area contributed by atoms with Crippen LogP contribution in [0, 0.1) is 29.1 Å². The van der Waals surface area contributed by atoms with Crippen LogP contribution in [0.1, 0.15) is 65.2 Å². The highest BCUT2D eigenvalue weighted by molar-refractivity contribution is 5.85. The highest BCUT2D eigenvalue weighted by Crippen LogP contribution is 2.64. The van der Waals surface area contributed by atoms with Crippen LogP contribution in [-0.2, 0) is 4.79 Å².